The number of nitrogens with one attached hydrogen (secondary N) is 2. The van der Waals surface area contributed by atoms with E-state index in [-0.39, 0.29) is 16.7 Å². The van der Waals surface area contributed by atoms with Crippen molar-refractivity contribution in [1.29, 1.82) is 0 Å². The van der Waals surface area contributed by atoms with Crippen molar-refractivity contribution < 1.29 is 13.2 Å². The van der Waals surface area contributed by atoms with Gasteiger partial charge >= 0.3 is 0 Å². The Balaban J connectivity index is 2.06. The molecule has 0 saturated carbocycles. The van der Waals surface area contributed by atoms with E-state index in [1.165, 1.54) is 24.3 Å². The highest BCUT2D eigenvalue weighted by Gasteiger charge is 2.29. The van der Waals surface area contributed by atoms with Crippen LogP contribution in [-0.2, 0) is 14.8 Å². The number of primary sulfonamides is 1. The topological polar surface area (TPSA) is 101 Å². The highest BCUT2D eigenvalue weighted by Crippen LogP contribution is 2.19. The maximum absolute atomic E-state index is 12.0. The third-order valence-corrected chi connectivity index (χ3v) is 4.23. The summed E-state index contributed by atoms with van der Waals surface area (Å²) in [7, 11) is -3.70. The van der Waals surface area contributed by atoms with E-state index in [9.17, 15) is 13.2 Å². The predicted molar refractivity (Wildman–Crippen MR) is 72.0 cm³/mol. The smallest absolute Gasteiger partial charge is 0.238 e. The third-order valence-electron chi connectivity index (χ3n) is 3.30. The summed E-state index contributed by atoms with van der Waals surface area (Å²) in [5, 5.41) is 10.9. The second-order valence-corrected chi connectivity index (χ2v) is 6.36. The molecule has 1 saturated heterocycles. The van der Waals surface area contributed by atoms with Crippen LogP contribution in [0.2, 0.25) is 0 Å². The van der Waals surface area contributed by atoms with Gasteiger partial charge in [0, 0.05) is 12.2 Å². The van der Waals surface area contributed by atoms with E-state index in [4.69, 9.17) is 5.14 Å². The van der Waals surface area contributed by atoms with Gasteiger partial charge in [0.1, 0.15) is 0 Å². The highest BCUT2D eigenvalue weighted by molar-refractivity contribution is 7.89. The second-order valence-electron chi connectivity index (χ2n) is 4.80. The highest BCUT2D eigenvalue weighted by atomic mass is 32.2. The lowest BCUT2D eigenvalue weighted by molar-refractivity contribution is -0.120. The first-order chi connectivity index (χ1) is 8.88. The summed E-state index contributed by atoms with van der Waals surface area (Å²) in [4.78, 5) is 12.0. The number of amides is 1. The van der Waals surface area contributed by atoms with Gasteiger partial charge in [-0.3, -0.25) is 4.79 Å². The quantitative estimate of drug-likeness (QED) is 0.733. The molecule has 1 aromatic carbocycles. The lowest BCUT2D eigenvalue weighted by Gasteiger charge is -2.14. The molecular formula is C12H17N3O3S. The molecule has 6 nitrogen and oxygen atoms in total. The molecule has 2 unspecified atom stereocenters. The Morgan fingerprint density at radius 3 is 2.42 bits per heavy atom. The van der Waals surface area contributed by atoms with Crippen LogP contribution in [0.25, 0.3) is 0 Å². The molecule has 1 aliphatic rings. The lowest BCUT2D eigenvalue weighted by atomic mass is 9.97. The monoisotopic (exact) mass is 283 g/mol. The number of carbonyl (C=O) groups excluding carboxylic acids is 1. The normalized spacial score (nSPS) is 23.3. The van der Waals surface area contributed by atoms with Gasteiger partial charge in [-0.1, -0.05) is 6.92 Å². The zero-order valence-corrected chi connectivity index (χ0v) is 11.4. The second kappa shape index (κ2) is 5.28. The first-order valence-electron chi connectivity index (χ1n) is 6.02. The molecule has 0 aromatic heterocycles. The lowest BCUT2D eigenvalue weighted by Crippen LogP contribution is -2.27. The summed E-state index contributed by atoms with van der Waals surface area (Å²) in [5.41, 5.74) is 0.566. The Morgan fingerprint density at radius 2 is 1.95 bits per heavy atom. The largest absolute Gasteiger partial charge is 0.326 e. The summed E-state index contributed by atoms with van der Waals surface area (Å²) in [6, 6.07) is 5.82. The van der Waals surface area contributed by atoms with E-state index >= 15 is 0 Å². The molecule has 1 amide bonds. The summed E-state index contributed by atoms with van der Waals surface area (Å²) < 4.78 is 22.2. The van der Waals surface area contributed by atoms with E-state index in [1.54, 1.807) is 0 Å². The van der Waals surface area contributed by atoms with Crippen molar-refractivity contribution >= 4 is 21.6 Å². The van der Waals surface area contributed by atoms with Crippen molar-refractivity contribution in [1.82, 2.24) is 5.32 Å². The van der Waals surface area contributed by atoms with Gasteiger partial charge in [0.25, 0.3) is 0 Å². The minimum atomic E-state index is -3.70. The summed E-state index contributed by atoms with van der Waals surface area (Å²) in [6.45, 7) is 3.53. The van der Waals surface area contributed by atoms with Crippen molar-refractivity contribution in [2.45, 2.75) is 11.8 Å². The Hall–Kier alpha value is -1.44. The van der Waals surface area contributed by atoms with Gasteiger partial charge in [-0.2, -0.15) is 0 Å². The van der Waals surface area contributed by atoms with Crippen LogP contribution >= 0.6 is 0 Å². The molecule has 0 spiro atoms. The molecule has 19 heavy (non-hydrogen) atoms. The molecule has 7 heteroatoms. The van der Waals surface area contributed by atoms with Gasteiger partial charge in [-0.05, 0) is 36.7 Å². The number of hydrogen-bond acceptors (Lipinski definition) is 4. The summed E-state index contributed by atoms with van der Waals surface area (Å²) in [6.07, 6.45) is 0. The zero-order chi connectivity index (χ0) is 14.0. The molecule has 1 aliphatic heterocycles. The van der Waals surface area contributed by atoms with Gasteiger partial charge in [-0.25, -0.2) is 13.6 Å². The molecule has 104 valence electrons. The number of sulfonamides is 1. The van der Waals surface area contributed by atoms with E-state index in [1.807, 2.05) is 6.92 Å². The molecule has 0 radical (unpaired) electrons. The predicted octanol–water partition coefficient (Wildman–Crippen LogP) is 0.128. The maximum Gasteiger partial charge on any atom is 0.238 e. The minimum Gasteiger partial charge on any atom is -0.326 e. The molecule has 4 N–H and O–H groups in total. The minimum absolute atomic E-state index is 0.0291. The maximum atomic E-state index is 12.0. The van der Waals surface area contributed by atoms with E-state index in [2.05, 4.69) is 10.6 Å². The van der Waals surface area contributed by atoms with Crippen molar-refractivity contribution in [3.8, 4) is 0 Å². The van der Waals surface area contributed by atoms with Crippen LogP contribution < -0.4 is 15.8 Å². The first-order valence-corrected chi connectivity index (χ1v) is 7.57. The number of anilines is 1. The van der Waals surface area contributed by atoms with Gasteiger partial charge in [0.15, 0.2) is 0 Å². The molecule has 1 aromatic rings. The zero-order valence-electron chi connectivity index (χ0n) is 10.6. The number of hydrogen-bond donors (Lipinski definition) is 3. The van der Waals surface area contributed by atoms with Crippen LogP contribution in [0.5, 0.6) is 0 Å². The fourth-order valence-corrected chi connectivity index (χ4v) is 2.64. The molecule has 2 atom stereocenters. The Bertz CT molecular complexity index is 568. The Labute approximate surface area is 112 Å². The van der Waals surface area contributed by atoms with Crippen molar-refractivity contribution in [3.05, 3.63) is 24.3 Å². The number of benzene rings is 1. The molecular weight excluding hydrogens is 266 g/mol. The SMILES string of the molecule is CC1CNCC1C(=O)Nc1ccc(S(N)(=O)=O)cc1. The van der Waals surface area contributed by atoms with Crippen LogP contribution in [0.3, 0.4) is 0 Å². The van der Waals surface area contributed by atoms with Crippen molar-refractivity contribution in [2.75, 3.05) is 18.4 Å². The molecule has 1 heterocycles. The fourth-order valence-electron chi connectivity index (χ4n) is 2.12. The van der Waals surface area contributed by atoms with Crippen molar-refractivity contribution in [2.24, 2.45) is 17.0 Å². The molecule has 0 bridgehead atoms. The summed E-state index contributed by atoms with van der Waals surface area (Å²) in [5.74, 6) is 0.183. The fraction of sp³-hybridized carbons (Fsp3) is 0.417. The van der Waals surface area contributed by atoms with E-state index in [0.29, 0.717) is 18.2 Å². The van der Waals surface area contributed by atoms with Gasteiger partial charge in [0.2, 0.25) is 15.9 Å². The number of carbonyl (C=O) groups is 1. The third kappa shape index (κ3) is 3.31. The van der Waals surface area contributed by atoms with Crippen LogP contribution in [0.4, 0.5) is 5.69 Å². The number of nitrogens with two attached hydrogens (primary N) is 1. The van der Waals surface area contributed by atoms with E-state index in [0.717, 1.165) is 6.54 Å². The number of rotatable bonds is 3. The van der Waals surface area contributed by atoms with Crippen LogP contribution in [-0.4, -0.2) is 27.4 Å². The Morgan fingerprint density at radius 1 is 1.32 bits per heavy atom. The Kier molecular flexibility index (Phi) is 3.88. The molecule has 1 fully saturated rings. The molecule has 2 rings (SSSR count). The van der Waals surface area contributed by atoms with Crippen molar-refractivity contribution in [3.63, 3.8) is 0 Å². The average molecular weight is 283 g/mol. The summed E-state index contributed by atoms with van der Waals surface area (Å²) >= 11 is 0. The van der Waals surface area contributed by atoms with Gasteiger partial charge < -0.3 is 10.6 Å². The van der Waals surface area contributed by atoms with E-state index < -0.39 is 10.0 Å². The van der Waals surface area contributed by atoms with Crippen LogP contribution in [0.15, 0.2) is 29.2 Å². The molecule has 0 aliphatic carbocycles. The average Bonchev–Trinajstić information content (AvgIpc) is 2.75. The standard InChI is InChI=1S/C12H17N3O3S/c1-8-6-14-7-11(8)12(16)15-9-2-4-10(5-3-9)19(13,17)18/h2-5,8,11,14H,6-7H2,1H3,(H,15,16)(H2,13,17,18). The first kappa shape index (κ1) is 14.0. The van der Waals surface area contributed by atoms with Crippen LogP contribution in [0, 0.1) is 11.8 Å². The van der Waals surface area contributed by atoms with Gasteiger partial charge in [-0.15, -0.1) is 0 Å². The van der Waals surface area contributed by atoms with Crippen LogP contribution in [0.1, 0.15) is 6.92 Å². The van der Waals surface area contributed by atoms with Gasteiger partial charge in [0.05, 0.1) is 10.8 Å².